The summed E-state index contributed by atoms with van der Waals surface area (Å²) in [6.45, 7) is 4.00. The molecule has 6 heteroatoms. The minimum absolute atomic E-state index is 0.167. The number of carbonyl (C=O) groups is 1. The summed E-state index contributed by atoms with van der Waals surface area (Å²) in [5.41, 5.74) is 0. The van der Waals surface area contributed by atoms with E-state index >= 15 is 0 Å². The lowest BCUT2D eigenvalue weighted by atomic mass is 9.80. The Kier molecular flexibility index (Phi) is 6.64. The number of carboxylic acids is 1. The molecule has 0 aromatic rings. The third-order valence-electron chi connectivity index (χ3n) is 2.69. The van der Waals surface area contributed by atoms with Crippen molar-refractivity contribution in [3.8, 4) is 0 Å². The molecule has 1 saturated carbocycles. The fourth-order valence-corrected chi connectivity index (χ4v) is 1.56. The third-order valence-corrected chi connectivity index (χ3v) is 2.69. The van der Waals surface area contributed by atoms with E-state index in [0.717, 1.165) is 19.3 Å². The van der Waals surface area contributed by atoms with Crippen molar-refractivity contribution in [2.45, 2.75) is 51.7 Å². The highest BCUT2D eigenvalue weighted by molar-refractivity contribution is 5.72. The van der Waals surface area contributed by atoms with Crippen molar-refractivity contribution in [1.29, 1.82) is 0 Å². The van der Waals surface area contributed by atoms with Crippen LogP contribution in [0.5, 0.6) is 0 Å². The number of hydrogen-bond acceptors (Lipinski definition) is 4. The molecule has 0 radical (unpaired) electrons. The van der Waals surface area contributed by atoms with Gasteiger partial charge in [-0.05, 0) is 5.92 Å². The highest BCUT2D eigenvalue weighted by Crippen LogP contribution is 2.31. The van der Waals surface area contributed by atoms with E-state index in [0.29, 0.717) is 0 Å². The van der Waals surface area contributed by atoms with Gasteiger partial charge in [-0.3, -0.25) is 10.1 Å². The van der Waals surface area contributed by atoms with E-state index in [2.05, 4.69) is 0 Å². The van der Waals surface area contributed by atoms with Crippen molar-refractivity contribution < 1.29 is 19.9 Å². The Morgan fingerprint density at radius 3 is 2.25 bits per heavy atom. The molecule has 0 aromatic carbocycles. The van der Waals surface area contributed by atoms with Crippen molar-refractivity contribution in [3.05, 3.63) is 10.1 Å². The molecule has 16 heavy (non-hydrogen) atoms. The van der Waals surface area contributed by atoms with Gasteiger partial charge in [0, 0.05) is 11.3 Å². The number of rotatable bonds is 5. The molecule has 0 aliphatic heterocycles. The molecule has 1 fully saturated rings. The van der Waals surface area contributed by atoms with Crippen LogP contribution < -0.4 is 0 Å². The number of nitrogens with zero attached hydrogens (tertiary/aromatic N) is 1. The molecule has 0 unspecified atom stereocenters. The van der Waals surface area contributed by atoms with Gasteiger partial charge >= 0.3 is 5.97 Å². The van der Waals surface area contributed by atoms with Crippen molar-refractivity contribution in [2.24, 2.45) is 5.92 Å². The van der Waals surface area contributed by atoms with Crippen LogP contribution in [-0.4, -0.2) is 33.3 Å². The SMILES string of the molecule is CC.O=C(O)[C@H](O)[C@H](CC1CCC1)[N+](=O)[O-]. The summed E-state index contributed by atoms with van der Waals surface area (Å²) in [5.74, 6) is -1.31. The van der Waals surface area contributed by atoms with Crippen LogP contribution in [0.1, 0.15) is 39.5 Å². The molecule has 94 valence electrons. The van der Waals surface area contributed by atoms with Gasteiger partial charge in [-0.1, -0.05) is 33.1 Å². The van der Waals surface area contributed by atoms with Gasteiger partial charge in [0.1, 0.15) is 0 Å². The molecule has 1 rings (SSSR count). The predicted octanol–water partition coefficient (Wildman–Crippen LogP) is 1.29. The number of aliphatic hydroxyl groups excluding tert-OH is 1. The van der Waals surface area contributed by atoms with Crippen LogP contribution in [0.15, 0.2) is 0 Å². The molecule has 0 bridgehead atoms. The summed E-state index contributed by atoms with van der Waals surface area (Å²) in [7, 11) is 0. The Hall–Kier alpha value is -1.17. The smallest absolute Gasteiger partial charge is 0.339 e. The number of nitro groups is 1. The molecule has 0 spiro atoms. The van der Waals surface area contributed by atoms with Crippen LogP contribution >= 0.6 is 0 Å². The van der Waals surface area contributed by atoms with Crippen molar-refractivity contribution in [1.82, 2.24) is 0 Å². The maximum atomic E-state index is 10.5. The summed E-state index contributed by atoms with van der Waals surface area (Å²) < 4.78 is 0. The van der Waals surface area contributed by atoms with Crippen LogP contribution in [0.4, 0.5) is 0 Å². The second-order valence-electron chi connectivity index (χ2n) is 3.67. The van der Waals surface area contributed by atoms with Crippen molar-refractivity contribution >= 4 is 5.97 Å². The summed E-state index contributed by atoms with van der Waals surface area (Å²) in [5, 5.41) is 28.0. The van der Waals surface area contributed by atoms with E-state index < -0.39 is 23.0 Å². The van der Waals surface area contributed by atoms with Crippen molar-refractivity contribution in [2.75, 3.05) is 0 Å². The van der Waals surface area contributed by atoms with Crippen LogP contribution in [0, 0.1) is 16.0 Å². The van der Waals surface area contributed by atoms with Crippen LogP contribution in [0.2, 0.25) is 0 Å². The zero-order valence-corrected chi connectivity index (χ0v) is 9.63. The van der Waals surface area contributed by atoms with E-state index in [-0.39, 0.29) is 12.3 Å². The minimum Gasteiger partial charge on any atom is -0.479 e. The molecule has 0 saturated heterocycles. The molecular weight excluding hydrogens is 214 g/mol. The molecule has 0 aromatic heterocycles. The lowest BCUT2D eigenvalue weighted by Gasteiger charge is -2.26. The van der Waals surface area contributed by atoms with Gasteiger partial charge in [0.05, 0.1) is 0 Å². The van der Waals surface area contributed by atoms with E-state index in [1.165, 1.54) is 0 Å². The molecule has 0 heterocycles. The average molecular weight is 233 g/mol. The second kappa shape index (κ2) is 7.16. The first-order chi connectivity index (χ1) is 7.52. The first-order valence-electron chi connectivity index (χ1n) is 5.56. The topological polar surface area (TPSA) is 101 Å². The quantitative estimate of drug-likeness (QED) is 0.550. The molecule has 1 aliphatic carbocycles. The summed E-state index contributed by atoms with van der Waals surface area (Å²) in [6.07, 6.45) is 1.12. The number of aliphatic hydroxyl groups is 1. The Labute approximate surface area is 94.4 Å². The lowest BCUT2D eigenvalue weighted by molar-refractivity contribution is -0.534. The first kappa shape index (κ1) is 14.8. The summed E-state index contributed by atoms with van der Waals surface area (Å²) >= 11 is 0. The largest absolute Gasteiger partial charge is 0.479 e. The average Bonchev–Trinajstić information content (AvgIpc) is 2.17. The second-order valence-corrected chi connectivity index (χ2v) is 3.67. The fourth-order valence-electron chi connectivity index (χ4n) is 1.56. The van der Waals surface area contributed by atoms with Gasteiger partial charge in [0.15, 0.2) is 0 Å². The predicted molar refractivity (Wildman–Crippen MR) is 57.7 cm³/mol. The number of aliphatic carboxylic acids is 1. The van der Waals surface area contributed by atoms with Crippen LogP contribution in [0.3, 0.4) is 0 Å². The summed E-state index contributed by atoms with van der Waals surface area (Å²) in [6, 6.07) is -1.36. The highest BCUT2D eigenvalue weighted by atomic mass is 16.6. The van der Waals surface area contributed by atoms with Gasteiger partial charge in [-0.25, -0.2) is 4.79 Å². The van der Waals surface area contributed by atoms with E-state index in [1.807, 2.05) is 13.8 Å². The maximum Gasteiger partial charge on any atom is 0.339 e. The third kappa shape index (κ3) is 4.14. The Balaban J connectivity index is 0.00000106. The molecular formula is C10H19NO5. The zero-order valence-electron chi connectivity index (χ0n) is 9.63. The summed E-state index contributed by atoms with van der Waals surface area (Å²) in [4.78, 5) is 20.2. The molecule has 0 amide bonds. The minimum atomic E-state index is -1.88. The van der Waals surface area contributed by atoms with Crippen LogP contribution in [0.25, 0.3) is 0 Å². The number of carboxylic acid groups (broad SMARTS) is 1. The monoisotopic (exact) mass is 233 g/mol. The Bertz CT molecular complexity index is 239. The molecule has 2 atom stereocenters. The number of hydrogen-bond donors (Lipinski definition) is 2. The normalized spacial score (nSPS) is 18.7. The molecule has 1 aliphatic rings. The van der Waals surface area contributed by atoms with E-state index in [1.54, 1.807) is 0 Å². The highest BCUT2D eigenvalue weighted by Gasteiger charge is 2.38. The zero-order chi connectivity index (χ0) is 12.7. The van der Waals surface area contributed by atoms with Gasteiger partial charge in [-0.15, -0.1) is 0 Å². The Morgan fingerprint density at radius 2 is 2.00 bits per heavy atom. The Morgan fingerprint density at radius 1 is 1.50 bits per heavy atom. The fraction of sp³-hybridized carbons (Fsp3) is 0.900. The maximum absolute atomic E-state index is 10.5. The van der Waals surface area contributed by atoms with E-state index in [4.69, 9.17) is 10.2 Å². The van der Waals surface area contributed by atoms with Gasteiger partial charge < -0.3 is 10.2 Å². The molecule has 6 nitrogen and oxygen atoms in total. The molecule has 2 N–H and O–H groups in total. The van der Waals surface area contributed by atoms with Gasteiger partial charge in [0.25, 0.3) is 0 Å². The van der Waals surface area contributed by atoms with E-state index in [9.17, 15) is 14.9 Å². The van der Waals surface area contributed by atoms with Crippen LogP contribution in [-0.2, 0) is 4.79 Å². The standard InChI is InChI=1S/C8H13NO5.C2H6/c10-7(8(11)12)6(9(13)14)4-5-2-1-3-5;1-2/h5-7,10H,1-4H2,(H,11,12);1-2H3/t6-,7+;/m0./s1. The van der Waals surface area contributed by atoms with Crippen molar-refractivity contribution in [3.63, 3.8) is 0 Å². The first-order valence-corrected chi connectivity index (χ1v) is 5.56. The van der Waals surface area contributed by atoms with Gasteiger partial charge in [-0.2, -0.15) is 0 Å². The lowest BCUT2D eigenvalue weighted by Crippen LogP contribution is -2.41. The van der Waals surface area contributed by atoms with Gasteiger partial charge in [0.2, 0.25) is 12.1 Å².